The smallest absolute Gasteiger partial charge is 0.462 e. The maximum Gasteiger partial charge on any atom is 0.472 e. The Morgan fingerprint density at radius 1 is 0.298 bits per heavy atom. The number of carbonyl (C=O) groups is 4. The minimum atomic E-state index is -4.96. The summed E-state index contributed by atoms with van der Waals surface area (Å²) in [6.07, 6.45) is 48.9. The van der Waals surface area contributed by atoms with Crippen LogP contribution in [0.4, 0.5) is 0 Å². The van der Waals surface area contributed by atoms with E-state index in [4.69, 9.17) is 37.0 Å². The van der Waals surface area contributed by atoms with Gasteiger partial charge in [0.05, 0.1) is 26.4 Å². The fourth-order valence-electron chi connectivity index (χ4n) is 11.3. The maximum atomic E-state index is 13.1. The van der Waals surface area contributed by atoms with Gasteiger partial charge in [-0.3, -0.25) is 37.3 Å². The molecular formula is C75H146O17P2. The van der Waals surface area contributed by atoms with Crippen molar-refractivity contribution < 1.29 is 80.2 Å². The van der Waals surface area contributed by atoms with Crippen LogP contribution in [0.5, 0.6) is 0 Å². The lowest BCUT2D eigenvalue weighted by Gasteiger charge is -2.21. The lowest BCUT2D eigenvalue weighted by molar-refractivity contribution is -0.161. The Morgan fingerprint density at radius 3 is 0.755 bits per heavy atom. The summed E-state index contributed by atoms with van der Waals surface area (Å²) in [4.78, 5) is 72.6. The van der Waals surface area contributed by atoms with Crippen molar-refractivity contribution in [2.24, 2.45) is 23.7 Å². The van der Waals surface area contributed by atoms with E-state index in [9.17, 15) is 43.2 Å². The highest BCUT2D eigenvalue weighted by Gasteiger charge is 2.30. The third kappa shape index (κ3) is 67.3. The summed E-state index contributed by atoms with van der Waals surface area (Å²) in [6.45, 7) is 14.1. The van der Waals surface area contributed by atoms with Crippen molar-refractivity contribution in [3.8, 4) is 0 Å². The number of aliphatic hydroxyl groups excluding tert-OH is 1. The molecule has 0 aliphatic rings. The molecule has 19 heteroatoms. The fraction of sp³-hybridized carbons (Fsp3) is 0.947. The number of hydrogen-bond donors (Lipinski definition) is 3. The summed E-state index contributed by atoms with van der Waals surface area (Å²) in [5, 5.41) is 10.6. The number of unbranched alkanes of at least 4 members (excludes halogenated alkanes) is 37. The van der Waals surface area contributed by atoms with Crippen LogP contribution in [0.1, 0.15) is 376 Å². The van der Waals surface area contributed by atoms with Crippen LogP contribution in [0.25, 0.3) is 0 Å². The van der Waals surface area contributed by atoms with E-state index in [1.165, 1.54) is 180 Å². The molecule has 0 aliphatic carbocycles. The van der Waals surface area contributed by atoms with Crippen LogP contribution < -0.4 is 0 Å². The van der Waals surface area contributed by atoms with Crippen molar-refractivity contribution in [3.05, 3.63) is 0 Å². The third-order valence-electron chi connectivity index (χ3n) is 17.7. The van der Waals surface area contributed by atoms with E-state index in [2.05, 4.69) is 55.4 Å². The van der Waals surface area contributed by atoms with Gasteiger partial charge in [0.25, 0.3) is 0 Å². The summed E-state index contributed by atoms with van der Waals surface area (Å²) in [5.41, 5.74) is 0. The molecule has 558 valence electrons. The largest absolute Gasteiger partial charge is 0.472 e. The molecule has 0 aromatic rings. The minimum Gasteiger partial charge on any atom is -0.462 e. The molecule has 0 amide bonds. The van der Waals surface area contributed by atoms with Crippen LogP contribution in [-0.2, 0) is 65.4 Å². The van der Waals surface area contributed by atoms with Crippen molar-refractivity contribution in [1.82, 2.24) is 0 Å². The highest BCUT2D eigenvalue weighted by Crippen LogP contribution is 2.45. The fourth-order valence-corrected chi connectivity index (χ4v) is 12.9. The first kappa shape index (κ1) is 92.1. The molecule has 0 saturated carbocycles. The predicted molar refractivity (Wildman–Crippen MR) is 381 cm³/mol. The van der Waals surface area contributed by atoms with Gasteiger partial charge in [-0.25, -0.2) is 9.13 Å². The first-order chi connectivity index (χ1) is 45.1. The molecule has 6 atom stereocenters. The summed E-state index contributed by atoms with van der Waals surface area (Å²) >= 11 is 0. The monoisotopic (exact) mass is 1380 g/mol. The molecule has 4 unspecified atom stereocenters. The van der Waals surface area contributed by atoms with E-state index in [0.29, 0.717) is 31.6 Å². The van der Waals surface area contributed by atoms with Gasteiger partial charge in [-0.2, -0.15) is 0 Å². The normalized spacial score (nSPS) is 14.4. The number of ether oxygens (including phenoxy) is 4. The summed E-state index contributed by atoms with van der Waals surface area (Å²) in [6, 6.07) is 0. The molecule has 17 nitrogen and oxygen atoms in total. The lowest BCUT2D eigenvalue weighted by atomic mass is 9.99. The molecule has 0 spiro atoms. The Labute approximate surface area is 575 Å². The number of esters is 4. The number of hydrogen-bond acceptors (Lipinski definition) is 15. The van der Waals surface area contributed by atoms with Gasteiger partial charge < -0.3 is 33.8 Å². The zero-order valence-electron chi connectivity index (χ0n) is 61.6. The van der Waals surface area contributed by atoms with Gasteiger partial charge in [0.2, 0.25) is 0 Å². The van der Waals surface area contributed by atoms with Crippen LogP contribution in [0.2, 0.25) is 0 Å². The summed E-state index contributed by atoms with van der Waals surface area (Å²) in [7, 11) is -9.91. The molecule has 0 saturated heterocycles. The Hall–Kier alpha value is -1.94. The van der Waals surface area contributed by atoms with Crippen LogP contribution >= 0.6 is 15.6 Å². The molecule has 0 heterocycles. The SMILES string of the molecule is CCC(C)CCCCCCCCCCCCCCCCCCCCC(=O)O[C@H](COC(=O)CCCCCCCCCCCC(C)C)COP(=O)(O)OCC(O)COP(=O)(O)OC[C@@H](COC(=O)CCCCCCCCCCC(C)C)OC(=O)CCCCCCCCC(C)C. The van der Waals surface area contributed by atoms with Crippen LogP contribution in [-0.4, -0.2) is 96.7 Å². The number of rotatable bonds is 72. The van der Waals surface area contributed by atoms with Crippen molar-refractivity contribution in [1.29, 1.82) is 0 Å². The van der Waals surface area contributed by atoms with Crippen molar-refractivity contribution in [2.45, 2.75) is 395 Å². The highest BCUT2D eigenvalue weighted by molar-refractivity contribution is 7.47. The van der Waals surface area contributed by atoms with E-state index in [1.807, 2.05) is 0 Å². The first-order valence-corrected chi connectivity index (χ1v) is 41.7. The second-order valence-electron chi connectivity index (χ2n) is 28.7. The van der Waals surface area contributed by atoms with Gasteiger partial charge in [0, 0.05) is 25.7 Å². The zero-order valence-corrected chi connectivity index (χ0v) is 63.4. The average molecular weight is 1380 g/mol. The number of phosphoric ester groups is 2. The molecular weight excluding hydrogens is 1230 g/mol. The third-order valence-corrected chi connectivity index (χ3v) is 19.6. The Morgan fingerprint density at radius 2 is 0.511 bits per heavy atom. The van der Waals surface area contributed by atoms with Crippen molar-refractivity contribution in [3.63, 3.8) is 0 Å². The molecule has 0 rings (SSSR count). The highest BCUT2D eigenvalue weighted by atomic mass is 31.2. The van der Waals surface area contributed by atoms with Gasteiger partial charge in [-0.05, 0) is 49.4 Å². The van der Waals surface area contributed by atoms with E-state index >= 15 is 0 Å². The number of phosphoric acid groups is 2. The molecule has 0 fully saturated rings. The predicted octanol–water partition coefficient (Wildman–Crippen LogP) is 21.7. The van der Waals surface area contributed by atoms with Crippen molar-refractivity contribution >= 4 is 39.5 Å². The molecule has 0 radical (unpaired) electrons. The molecule has 0 aliphatic heterocycles. The van der Waals surface area contributed by atoms with Gasteiger partial charge >= 0.3 is 39.5 Å². The quantitative estimate of drug-likeness (QED) is 0.0222. The second-order valence-corrected chi connectivity index (χ2v) is 31.6. The Bertz CT molecular complexity index is 1850. The summed E-state index contributed by atoms with van der Waals surface area (Å²) < 4.78 is 68.4. The molecule has 94 heavy (non-hydrogen) atoms. The summed E-state index contributed by atoms with van der Waals surface area (Å²) in [5.74, 6) is 0.882. The van der Waals surface area contributed by atoms with Gasteiger partial charge in [0.15, 0.2) is 12.2 Å². The maximum absolute atomic E-state index is 13.1. The van der Waals surface area contributed by atoms with Crippen LogP contribution in [0.3, 0.4) is 0 Å². The lowest BCUT2D eigenvalue weighted by Crippen LogP contribution is -2.30. The second kappa shape index (κ2) is 64.4. The van der Waals surface area contributed by atoms with Crippen molar-refractivity contribution in [2.75, 3.05) is 39.6 Å². The number of carbonyl (C=O) groups excluding carboxylic acids is 4. The van der Waals surface area contributed by atoms with E-state index in [1.54, 1.807) is 0 Å². The Kier molecular flexibility index (Phi) is 63.1. The molecule has 0 bridgehead atoms. The van der Waals surface area contributed by atoms with Gasteiger partial charge in [-0.15, -0.1) is 0 Å². The van der Waals surface area contributed by atoms with Crippen LogP contribution in [0, 0.1) is 23.7 Å². The van der Waals surface area contributed by atoms with Gasteiger partial charge in [-0.1, -0.05) is 325 Å². The minimum absolute atomic E-state index is 0.101. The molecule has 0 aromatic heterocycles. The standard InChI is InChI=1S/C75H146O17P2/c1-9-68(8)54-46-38-29-22-18-16-14-12-10-11-13-15-17-19-23-32-41-49-57-74(79)91-70(61-85-72(77)55-47-39-30-24-20-21-27-35-43-51-65(2)3)63-89-93(81,82)87-59-69(76)60-88-94(83,84)90-64-71(92-75(80)58-50-42-34-33-37-45-53-67(6)7)62-86-73(78)56-48-40-31-26-25-28-36-44-52-66(4)5/h65-71,76H,9-64H2,1-8H3,(H,81,82)(H,83,84)/t68?,69?,70-,71-/m1/s1. The average Bonchev–Trinajstić information content (AvgIpc) is 1.67. The van der Waals surface area contributed by atoms with E-state index in [-0.39, 0.29) is 25.7 Å². The molecule has 3 N–H and O–H groups in total. The van der Waals surface area contributed by atoms with E-state index < -0.39 is 97.5 Å². The topological polar surface area (TPSA) is 237 Å². The van der Waals surface area contributed by atoms with Crippen LogP contribution in [0.15, 0.2) is 0 Å². The first-order valence-electron chi connectivity index (χ1n) is 38.7. The number of aliphatic hydroxyl groups is 1. The molecule has 0 aromatic carbocycles. The van der Waals surface area contributed by atoms with E-state index in [0.717, 1.165) is 108 Å². The zero-order chi connectivity index (χ0) is 69.6. The Balaban J connectivity index is 5.16. The van der Waals surface area contributed by atoms with Gasteiger partial charge in [0.1, 0.15) is 19.3 Å².